The molecule has 0 aliphatic heterocycles. The predicted molar refractivity (Wildman–Crippen MR) is 92.2 cm³/mol. The lowest BCUT2D eigenvalue weighted by atomic mass is 10.1. The summed E-state index contributed by atoms with van der Waals surface area (Å²) in [7, 11) is 0. The highest BCUT2D eigenvalue weighted by Crippen LogP contribution is 2.13. The zero-order valence-electron chi connectivity index (χ0n) is 13.1. The van der Waals surface area contributed by atoms with Crippen LogP contribution in [0.15, 0.2) is 65.6 Å². The van der Waals surface area contributed by atoms with Gasteiger partial charge in [0.15, 0.2) is 0 Å². The minimum atomic E-state index is -0.629. The smallest absolute Gasteiger partial charge is 0.274 e. The van der Waals surface area contributed by atoms with Crippen molar-refractivity contribution in [2.75, 3.05) is 0 Å². The number of carbonyl (C=O) groups is 1. The Hall–Kier alpha value is -2.92. The fourth-order valence-corrected chi connectivity index (χ4v) is 2.76. The number of nitrogens with zero attached hydrogens (tertiary/aromatic N) is 1. The Balaban J connectivity index is 1.82. The Kier molecular flexibility index (Phi) is 4.72. The fraction of sp³-hybridized carbons (Fsp3) is 0.158. The molecule has 2 N–H and O–H groups in total. The average Bonchev–Trinajstić information content (AvgIpc) is 2.63. The van der Waals surface area contributed by atoms with Crippen molar-refractivity contribution in [1.29, 1.82) is 0 Å². The third kappa shape index (κ3) is 3.36. The number of hydrogen-bond donors (Lipinski definition) is 2. The summed E-state index contributed by atoms with van der Waals surface area (Å²) in [5, 5.41) is 9.97. The van der Waals surface area contributed by atoms with Gasteiger partial charge in [0, 0.05) is 23.7 Å². The van der Waals surface area contributed by atoms with Crippen LogP contribution in [0.3, 0.4) is 0 Å². The molecule has 3 aromatic rings. The van der Waals surface area contributed by atoms with Gasteiger partial charge in [0.1, 0.15) is 0 Å². The normalized spacial score (nSPS) is 10.7. The molecule has 0 atom stereocenters. The van der Waals surface area contributed by atoms with E-state index in [2.05, 4.69) is 12.1 Å². The van der Waals surface area contributed by atoms with Gasteiger partial charge in [0.25, 0.3) is 11.5 Å². The molecule has 0 unspecified atom stereocenters. The fourth-order valence-electron chi connectivity index (χ4n) is 2.76. The Morgan fingerprint density at radius 2 is 1.88 bits per heavy atom. The van der Waals surface area contributed by atoms with Gasteiger partial charge in [-0.3, -0.25) is 14.8 Å². The van der Waals surface area contributed by atoms with Crippen LogP contribution in [0.1, 0.15) is 22.3 Å². The Bertz CT molecular complexity index is 917. The standard InChI is InChI=1S/C19H18N2O3/c22-18(20-24)16-9-8-15-10-12-21(19(23)17(15)13-16)11-4-7-14-5-2-1-3-6-14/h1-3,5-6,8-10,12-13,24H,4,7,11H2,(H,20,22). The molecule has 5 heteroatoms. The number of rotatable bonds is 5. The first kappa shape index (κ1) is 16.0. The first-order valence-corrected chi connectivity index (χ1v) is 7.80. The van der Waals surface area contributed by atoms with Crippen molar-refractivity contribution < 1.29 is 10.0 Å². The van der Waals surface area contributed by atoms with Gasteiger partial charge in [0.05, 0.1) is 0 Å². The molecular weight excluding hydrogens is 304 g/mol. The third-order valence-electron chi connectivity index (χ3n) is 4.05. The number of carbonyl (C=O) groups excluding carboxylic acids is 1. The highest BCUT2D eigenvalue weighted by atomic mass is 16.5. The number of benzene rings is 2. The molecule has 0 bridgehead atoms. The van der Waals surface area contributed by atoms with Gasteiger partial charge in [-0.2, -0.15) is 0 Å². The summed E-state index contributed by atoms with van der Waals surface area (Å²) >= 11 is 0. The number of amides is 1. The van der Waals surface area contributed by atoms with Gasteiger partial charge >= 0.3 is 0 Å². The molecule has 1 amide bonds. The van der Waals surface area contributed by atoms with Crippen LogP contribution in [0, 0.1) is 0 Å². The zero-order chi connectivity index (χ0) is 16.9. The summed E-state index contributed by atoms with van der Waals surface area (Å²) in [4.78, 5) is 24.1. The van der Waals surface area contributed by atoms with Crippen molar-refractivity contribution in [3.8, 4) is 0 Å². The van der Waals surface area contributed by atoms with Crippen LogP contribution in [0.25, 0.3) is 10.8 Å². The molecular formula is C19H18N2O3. The molecule has 3 rings (SSSR count). The summed E-state index contributed by atoms with van der Waals surface area (Å²) in [6.45, 7) is 0.611. The van der Waals surface area contributed by atoms with E-state index in [0.717, 1.165) is 18.2 Å². The first-order chi connectivity index (χ1) is 11.7. The van der Waals surface area contributed by atoms with Gasteiger partial charge in [-0.15, -0.1) is 0 Å². The van der Waals surface area contributed by atoms with E-state index >= 15 is 0 Å². The van der Waals surface area contributed by atoms with Crippen LogP contribution in [-0.4, -0.2) is 15.7 Å². The van der Waals surface area contributed by atoms with Crippen molar-refractivity contribution >= 4 is 16.7 Å². The maximum absolute atomic E-state index is 12.6. The third-order valence-corrected chi connectivity index (χ3v) is 4.05. The van der Waals surface area contributed by atoms with E-state index in [1.165, 1.54) is 11.6 Å². The number of hydroxylamine groups is 1. The number of aromatic nitrogens is 1. The second kappa shape index (κ2) is 7.10. The molecule has 0 saturated heterocycles. The molecule has 5 nitrogen and oxygen atoms in total. The molecule has 122 valence electrons. The lowest BCUT2D eigenvalue weighted by molar-refractivity contribution is 0.0706. The maximum Gasteiger partial charge on any atom is 0.274 e. The molecule has 1 heterocycles. The minimum Gasteiger partial charge on any atom is -0.315 e. The van der Waals surface area contributed by atoms with Crippen LogP contribution in [0.4, 0.5) is 0 Å². The number of fused-ring (bicyclic) bond motifs is 1. The Morgan fingerprint density at radius 1 is 1.08 bits per heavy atom. The van der Waals surface area contributed by atoms with Crippen LogP contribution >= 0.6 is 0 Å². The van der Waals surface area contributed by atoms with Gasteiger partial charge < -0.3 is 4.57 Å². The number of aryl methyl sites for hydroxylation is 2. The summed E-state index contributed by atoms with van der Waals surface area (Å²) in [6, 6.07) is 16.8. The van der Waals surface area contributed by atoms with Crippen LogP contribution in [0.2, 0.25) is 0 Å². The lowest BCUT2D eigenvalue weighted by Gasteiger charge is -2.08. The molecule has 0 aliphatic carbocycles. The van der Waals surface area contributed by atoms with E-state index < -0.39 is 5.91 Å². The van der Waals surface area contributed by atoms with Crippen molar-refractivity contribution in [3.05, 3.63) is 82.3 Å². The van der Waals surface area contributed by atoms with Gasteiger partial charge in [-0.25, -0.2) is 5.48 Å². The highest BCUT2D eigenvalue weighted by molar-refractivity contribution is 5.97. The highest BCUT2D eigenvalue weighted by Gasteiger charge is 2.08. The van der Waals surface area contributed by atoms with E-state index in [1.807, 2.05) is 24.3 Å². The zero-order valence-corrected chi connectivity index (χ0v) is 13.1. The van der Waals surface area contributed by atoms with E-state index in [1.54, 1.807) is 28.4 Å². The number of pyridine rings is 1. The summed E-state index contributed by atoms with van der Waals surface area (Å²) in [6.07, 6.45) is 3.53. The molecule has 2 aromatic carbocycles. The van der Waals surface area contributed by atoms with E-state index in [-0.39, 0.29) is 11.1 Å². The largest absolute Gasteiger partial charge is 0.315 e. The van der Waals surface area contributed by atoms with Crippen LogP contribution in [0.5, 0.6) is 0 Å². The quantitative estimate of drug-likeness (QED) is 0.560. The molecule has 0 spiro atoms. The summed E-state index contributed by atoms with van der Waals surface area (Å²) in [5.74, 6) is -0.629. The van der Waals surface area contributed by atoms with Crippen molar-refractivity contribution in [3.63, 3.8) is 0 Å². The van der Waals surface area contributed by atoms with Crippen molar-refractivity contribution in [1.82, 2.24) is 10.0 Å². The topological polar surface area (TPSA) is 71.3 Å². The monoisotopic (exact) mass is 322 g/mol. The SMILES string of the molecule is O=C(NO)c1ccc2ccn(CCCc3ccccc3)c(=O)c2c1. The molecule has 1 aromatic heterocycles. The number of nitrogens with one attached hydrogen (secondary N) is 1. The molecule has 0 radical (unpaired) electrons. The molecule has 0 fully saturated rings. The minimum absolute atomic E-state index is 0.131. The van der Waals surface area contributed by atoms with Crippen molar-refractivity contribution in [2.24, 2.45) is 0 Å². The maximum atomic E-state index is 12.6. The van der Waals surface area contributed by atoms with Crippen molar-refractivity contribution in [2.45, 2.75) is 19.4 Å². The molecule has 0 aliphatic rings. The van der Waals surface area contributed by atoms with E-state index in [4.69, 9.17) is 5.21 Å². The molecule has 0 saturated carbocycles. The van der Waals surface area contributed by atoms with Gasteiger partial charge in [-0.1, -0.05) is 36.4 Å². The lowest BCUT2D eigenvalue weighted by Crippen LogP contribution is -2.22. The van der Waals surface area contributed by atoms with E-state index in [9.17, 15) is 9.59 Å². The summed E-state index contributed by atoms with van der Waals surface area (Å²) in [5.41, 5.74) is 2.95. The second-order valence-corrected chi connectivity index (χ2v) is 5.65. The van der Waals surface area contributed by atoms with E-state index in [0.29, 0.717) is 11.9 Å². The predicted octanol–water partition coefficient (Wildman–Crippen LogP) is 2.75. The van der Waals surface area contributed by atoms with Crippen LogP contribution < -0.4 is 11.0 Å². The second-order valence-electron chi connectivity index (χ2n) is 5.65. The van der Waals surface area contributed by atoms with Gasteiger partial charge in [0.2, 0.25) is 0 Å². The van der Waals surface area contributed by atoms with Gasteiger partial charge in [-0.05, 0) is 42.0 Å². The Labute approximate surface area is 139 Å². The Morgan fingerprint density at radius 3 is 2.62 bits per heavy atom. The number of hydrogen-bond acceptors (Lipinski definition) is 3. The van der Waals surface area contributed by atoms with Crippen LogP contribution in [-0.2, 0) is 13.0 Å². The average molecular weight is 322 g/mol. The summed E-state index contributed by atoms with van der Waals surface area (Å²) < 4.78 is 1.66. The molecule has 24 heavy (non-hydrogen) atoms. The first-order valence-electron chi connectivity index (χ1n) is 7.80.